The third-order valence-electron chi connectivity index (χ3n) is 4.23. The molecule has 156 valence electrons. The summed E-state index contributed by atoms with van der Waals surface area (Å²) in [6, 6.07) is -0.939. The van der Waals surface area contributed by atoms with Gasteiger partial charge in [-0.05, 0) is 13.8 Å². The van der Waals surface area contributed by atoms with E-state index in [4.69, 9.17) is 20.8 Å². The number of carboxylic acids is 2. The van der Waals surface area contributed by atoms with Gasteiger partial charge in [0.25, 0.3) is 5.91 Å². The van der Waals surface area contributed by atoms with Gasteiger partial charge in [-0.2, -0.15) is 0 Å². The van der Waals surface area contributed by atoms with E-state index in [9.17, 15) is 19.2 Å². The highest BCUT2D eigenvalue weighted by molar-refractivity contribution is 8.01. The summed E-state index contributed by atoms with van der Waals surface area (Å²) in [5, 5.41) is 24.7. The maximum absolute atomic E-state index is 12.8. The van der Waals surface area contributed by atoms with Gasteiger partial charge >= 0.3 is 11.9 Å². The maximum Gasteiger partial charge on any atom is 0.350 e. The standard InChI is InChI=1S/C15H17N5O7S2/c1-15(2,13(25)26)27-19-7(5-4-28-14(16)17-5)9(21)18-8-10(22)20-3-6(12(23)24)29-11(8)20/h4,6,8,11H,3H2,1-2H3,(H2,16,17)(H,18,21)(H,23,24)(H,25,26)/b19-7-/t6?,8-,11?/m1/s1. The maximum atomic E-state index is 12.8. The van der Waals surface area contributed by atoms with Crippen LogP contribution in [-0.4, -0.2) is 78.4 Å². The number of aromatic nitrogens is 1. The van der Waals surface area contributed by atoms with Gasteiger partial charge in [-0.3, -0.25) is 14.4 Å². The number of nitrogens with two attached hydrogens (primary N) is 1. The number of amides is 2. The second-order valence-corrected chi connectivity index (χ2v) is 8.93. The zero-order valence-electron chi connectivity index (χ0n) is 15.2. The minimum atomic E-state index is -1.72. The molecule has 3 atom stereocenters. The number of anilines is 1. The minimum absolute atomic E-state index is 0.0531. The highest BCUT2D eigenvalue weighted by atomic mass is 32.2. The molecular weight excluding hydrogens is 426 g/mol. The minimum Gasteiger partial charge on any atom is -0.480 e. The van der Waals surface area contributed by atoms with Crippen molar-refractivity contribution in [1.29, 1.82) is 0 Å². The molecule has 5 N–H and O–H groups in total. The lowest BCUT2D eigenvalue weighted by molar-refractivity contribution is -0.161. The molecule has 2 fully saturated rings. The number of oxime groups is 1. The lowest BCUT2D eigenvalue weighted by atomic mass is 10.1. The molecule has 29 heavy (non-hydrogen) atoms. The van der Waals surface area contributed by atoms with Crippen molar-refractivity contribution in [3.05, 3.63) is 11.1 Å². The van der Waals surface area contributed by atoms with Crippen molar-refractivity contribution in [2.75, 3.05) is 12.3 Å². The summed E-state index contributed by atoms with van der Waals surface area (Å²) in [5.74, 6) is -3.57. The Kier molecular flexibility index (Phi) is 5.40. The Labute approximate surface area is 172 Å². The van der Waals surface area contributed by atoms with Crippen molar-refractivity contribution in [3.63, 3.8) is 0 Å². The molecule has 0 radical (unpaired) electrons. The molecule has 1 aromatic rings. The molecule has 3 heterocycles. The van der Waals surface area contributed by atoms with E-state index < -0.39 is 46.0 Å². The van der Waals surface area contributed by atoms with Crippen LogP contribution in [0.3, 0.4) is 0 Å². The smallest absolute Gasteiger partial charge is 0.350 e. The van der Waals surface area contributed by atoms with Gasteiger partial charge in [-0.15, -0.1) is 23.1 Å². The van der Waals surface area contributed by atoms with Crippen LogP contribution in [0, 0.1) is 0 Å². The molecular formula is C15H17N5O7S2. The fraction of sp³-hybridized carbons (Fsp3) is 0.467. The summed E-state index contributed by atoms with van der Waals surface area (Å²) in [4.78, 5) is 57.7. The van der Waals surface area contributed by atoms with Gasteiger partial charge in [0.15, 0.2) is 10.8 Å². The number of carboxylic acid groups (broad SMARTS) is 2. The number of thioether (sulfide) groups is 1. The Morgan fingerprint density at radius 3 is 2.66 bits per heavy atom. The van der Waals surface area contributed by atoms with Crippen LogP contribution in [0.25, 0.3) is 0 Å². The average molecular weight is 443 g/mol. The molecule has 0 aromatic carbocycles. The van der Waals surface area contributed by atoms with Crippen LogP contribution >= 0.6 is 23.1 Å². The van der Waals surface area contributed by atoms with Crippen LogP contribution < -0.4 is 11.1 Å². The molecule has 14 heteroatoms. The Balaban J connectivity index is 1.78. The molecule has 0 aliphatic carbocycles. The Bertz CT molecular complexity index is 915. The van der Waals surface area contributed by atoms with E-state index in [1.807, 2.05) is 0 Å². The first-order chi connectivity index (χ1) is 13.5. The van der Waals surface area contributed by atoms with Crippen molar-refractivity contribution < 1.29 is 34.2 Å². The lowest BCUT2D eigenvalue weighted by Crippen LogP contribution is -2.67. The van der Waals surface area contributed by atoms with Gasteiger partial charge in [-0.1, -0.05) is 5.16 Å². The Morgan fingerprint density at radius 2 is 2.10 bits per heavy atom. The first-order valence-corrected chi connectivity index (χ1v) is 10.0. The predicted molar refractivity (Wildman–Crippen MR) is 102 cm³/mol. The predicted octanol–water partition coefficient (Wildman–Crippen LogP) is -0.838. The van der Waals surface area contributed by atoms with E-state index in [-0.39, 0.29) is 23.1 Å². The summed E-state index contributed by atoms with van der Waals surface area (Å²) in [5.41, 5.74) is 3.57. The Morgan fingerprint density at radius 1 is 1.41 bits per heavy atom. The average Bonchev–Trinajstić information content (AvgIpc) is 3.24. The molecule has 1 aromatic heterocycles. The fourth-order valence-electron chi connectivity index (χ4n) is 2.54. The van der Waals surface area contributed by atoms with E-state index in [1.165, 1.54) is 24.1 Å². The molecule has 0 bridgehead atoms. The third kappa shape index (κ3) is 3.98. The number of nitrogen functional groups attached to an aromatic ring is 1. The van der Waals surface area contributed by atoms with Crippen LogP contribution in [0.1, 0.15) is 19.5 Å². The van der Waals surface area contributed by atoms with E-state index in [1.54, 1.807) is 0 Å². The van der Waals surface area contributed by atoms with E-state index in [2.05, 4.69) is 15.5 Å². The van der Waals surface area contributed by atoms with Crippen LogP contribution in [0.4, 0.5) is 5.13 Å². The van der Waals surface area contributed by atoms with Crippen LogP contribution in [0.2, 0.25) is 0 Å². The highest BCUT2D eigenvalue weighted by Gasteiger charge is 2.55. The number of fused-ring (bicyclic) bond motifs is 1. The molecule has 12 nitrogen and oxygen atoms in total. The number of aliphatic carboxylic acids is 2. The fourth-order valence-corrected chi connectivity index (χ4v) is 4.46. The number of carbonyl (C=O) groups excluding carboxylic acids is 2. The first kappa shape index (κ1) is 20.9. The lowest BCUT2D eigenvalue weighted by Gasteiger charge is -2.41. The summed E-state index contributed by atoms with van der Waals surface area (Å²) in [6.07, 6.45) is 0. The topological polar surface area (TPSA) is 185 Å². The summed E-state index contributed by atoms with van der Waals surface area (Å²) >= 11 is 2.10. The molecule has 2 aliphatic heterocycles. The highest BCUT2D eigenvalue weighted by Crippen LogP contribution is 2.40. The second-order valence-electron chi connectivity index (χ2n) is 6.71. The number of nitrogens with zero attached hydrogens (tertiary/aromatic N) is 3. The quantitative estimate of drug-likeness (QED) is 0.235. The molecule has 3 rings (SSSR count). The van der Waals surface area contributed by atoms with E-state index >= 15 is 0 Å². The number of nitrogens with one attached hydrogen (secondary N) is 1. The second kappa shape index (κ2) is 7.51. The first-order valence-electron chi connectivity index (χ1n) is 8.22. The number of β-lactam (4-membered cyclic amide) rings is 1. The summed E-state index contributed by atoms with van der Waals surface area (Å²) < 4.78 is 0. The van der Waals surface area contributed by atoms with Crippen molar-refractivity contribution in [2.45, 2.75) is 36.1 Å². The number of hydrogen-bond acceptors (Lipinski definition) is 10. The normalized spacial score (nSPS) is 23.9. The number of carbonyl (C=O) groups is 4. The third-order valence-corrected chi connectivity index (χ3v) is 6.39. The van der Waals surface area contributed by atoms with E-state index in [0.717, 1.165) is 23.1 Å². The van der Waals surface area contributed by atoms with Crippen molar-refractivity contribution in [3.8, 4) is 0 Å². The number of hydrogen-bond donors (Lipinski definition) is 4. The van der Waals surface area contributed by atoms with Gasteiger partial charge in [-0.25, -0.2) is 9.78 Å². The van der Waals surface area contributed by atoms with Crippen molar-refractivity contribution in [2.24, 2.45) is 5.16 Å². The van der Waals surface area contributed by atoms with Gasteiger partial charge in [0.05, 0.1) is 0 Å². The number of thiazole rings is 1. The van der Waals surface area contributed by atoms with Crippen LogP contribution in [0.15, 0.2) is 10.5 Å². The monoisotopic (exact) mass is 443 g/mol. The largest absolute Gasteiger partial charge is 0.480 e. The Hall–Kier alpha value is -2.87. The summed E-state index contributed by atoms with van der Waals surface area (Å²) in [6.45, 7) is 2.56. The zero-order valence-corrected chi connectivity index (χ0v) is 16.8. The molecule has 2 aliphatic rings. The van der Waals surface area contributed by atoms with Crippen LogP contribution in [0.5, 0.6) is 0 Å². The SMILES string of the molecule is CC(C)(O/N=C(\C(=O)N[C@@H]1C(=O)N2CC(C(=O)O)SC12)c1csc(N)n1)C(=O)O. The van der Waals surface area contributed by atoms with Crippen LogP contribution in [-0.2, 0) is 24.0 Å². The van der Waals surface area contributed by atoms with Gasteiger partial charge in [0.1, 0.15) is 22.4 Å². The zero-order chi connectivity index (χ0) is 21.5. The van der Waals surface area contributed by atoms with Gasteiger partial charge < -0.3 is 31.0 Å². The van der Waals surface area contributed by atoms with Gasteiger partial charge in [0, 0.05) is 11.9 Å². The molecule has 2 saturated heterocycles. The van der Waals surface area contributed by atoms with E-state index in [0.29, 0.717) is 0 Å². The molecule has 2 amide bonds. The van der Waals surface area contributed by atoms with Crippen molar-refractivity contribution >= 4 is 57.7 Å². The van der Waals surface area contributed by atoms with Gasteiger partial charge in [0.2, 0.25) is 11.5 Å². The number of rotatable bonds is 7. The molecule has 0 spiro atoms. The van der Waals surface area contributed by atoms with Crippen molar-refractivity contribution in [1.82, 2.24) is 15.2 Å². The molecule has 0 saturated carbocycles. The summed E-state index contributed by atoms with van der Waals surface area (Å²) in [7, 11) is 0. The molecule has 2 unspecified atom stereocenters.